The topological polar surface area (TPSA) is 96.5 Å². The molecular formula is C43H68BN3O4. The molecule has 0 unspecified atom stereocenters. The molecule has 0 fully saturated rings. The van der Waals surface area contributed by atoms with Crippen molar-refractivity contribution in [3.05, 3.63) is 59.7 Å². The number of nitrogens with one attached hydrogen (secondary N) is 3. The van der Waals surface area contributed by atoms with Crippen molar-refractivity contribution in [1.82, 2.24) is 16.0 Å². The van der Waals surface area contributed by atoms with Crippen molar-refractivity contribution < 1.29 is 19.1 Å². The molecular weight excluding hydrogens is 633 g/mol. The Labute approximate surface area is 310 Å². The van der Waals surface area contributed by atoms with Gasteiger partial charge in [0.1, 0.15) is 6.61 Å². The Hall–Kier alpha value is -3.29. The monoisotopic (exact) mass is 702 g/mol. The molecule has 0 aliphatic heterocycles. The molecule has 8 heteroatoms. The highest BCUT2D eigenvalue weighted by molar-refractivity contribution is 6.49. The number of rotatable bonds is 29. The number of benzene rings is 2. The molecule has 2 aromatic carbocycles. The molecule has 2 aromatic rings. The van der Waals surface area contributed by atoms with Crippen molar-refractivity contribution in [1.29, 1.82) is 0 Å². The standard InChI is InChI=1S/C43H68BN3O4/c1-3-5-7-9-11-13-15-17-19-25-31-45-40(48)33-44-41(42(49)46-32-26-20-18-16-14-12-10-8-6-4-2)47-43(50)51-34-39-37-29-23-21-27-35(37)36-28-22-24-30-38(36)39/h21-24,27-30,39,41,44H,3-20,25-26,31-34H2,1-2H3,(H,45,48)(H,46,49)(H,47,50)/t41-/m1/s1. The Morgan fingerprint density at radius 3 is 1.53 bits per heavy atom. The lowest BCUT2D eigenvalue weighted by molar-refractivity contribution is -0.121. The molecule has 0 heterocycles. The lowest BCUT2D eigenvalue weighted by Crippen LogP contribution is -2.51. The fourth-order valence-electron chi connectivity index (χ4n) is 7.20. The van der Waals surface area contributed by atoms with Crippen molar-refractivity contribution in [3.63, 3.8) is 0 Å². The summed E-state index contributed by atoms with van der Waals surface area (Å²) in [4.78, 5) is 39.1. The van der Waals surface area contributed by atoms with E-state index < -0.39 is 12.0 Å². The highest BCUT2D eigenvalue weighted by Gasteiger charge is 2.30. The zero-order valence-corrected chi connectivity index (χ0v) is 32.1. The lowest BCUT2D eigenvalue weighted by Gasteiger charge is -2.19. The number of carbonyl (C=O) groups excluding carboxylic acids is 3. The van der Waals surface area contributed by atoms with Crippen LogP contribution in [0.5, 0.6) is 0 Å². The molecule has 0 radical (unpaired) electrons. The lowest BCUT2D eigenvalue weighted by atomic mass is 9.65. The molecule has 0 aromatic heterocycles. The van der Waals surface area contributed by atoms with Crippen molar-refractivity contribution in [3.8, 4) is 11.1 Å². The van der Waals surface area contributed by atoms with E-state index in [9.17, 15) is 14.4 Å². The molecule has 0 saturated carbocycles. The zero-order valence-electron chi connectivity index (χ0n) is 32.1. The van der Waals surface area contributed by atoms with Crippen LogP contribution in [0.2, 0.25) is 6.32 Å². The predicted molar refractivity (Wildman–Crippen MR) is 214 cm³/mol. The van der Waals surface area contributed by atoms with E-state index in [1.54, 1.807) is 0 Å². The largest absolute Gasteiger partial charge is 0.449 e. The van der Waals surface area contributed by atoms with Gasteiger partial charge in [0.15, 0.2) is 7.28 Å². The van der Waals surface area contributed by atoms with Crippen molar-refractivity contribution in [2.45, 2.75) is 160 Å². The number of unbranched alkanes of at least 4 members (excludes halogenated alkanes) is 18. The molecule has 1 aliphatic carbocycles. The minimum Gasteiger partial charge on any atom is -0.449 e. The van der Waals surface area contributed by atoms with E-state index in [2.05, 4.69) is 54.1 Å². The number of fused-ring (bicyclic) bond motifs is 3. The van der Waals surface area contributed by atoms with Gasteiger partial charge < -0.3 is 20.7 Å². The summed E-state index contributed by atoms with van der Waals surface area (Å²) in [6, 6.07) is 16.4. The van der Waals surface area contributed by atoms with Gasteiger partial charge in [-0.3, -0.25) is 9.59 Å². The van der Waals surface area contributed by atoms with Gasteiger partial charge >= 0.3 is 6.09 Å². The van der Waals surface area contributed by atoms with Crippen molar-refractivity contribution in [2.24, 2.45) is 0 Å². The van der Waals surface area contributed by atoms with Crippen LogP contribution >= 0.6 is 0 Å². The average molecular weight is 702 g/mol. The van der Waals surface area contributed by atoms with Crippen LogP contribution in [0, 0.1) is 0 Å². The Bertz CT molecular complexity index is 1230. The fraction of sp³-hybridized carbons (Fsp3) is 0.651. The summed E-state index contributed by atoms with van der Waals surface area (Å²) < 4.78 is 5.75. The maximum atomic E-state index is 13.3. The summed E-state index contributed by atoms with van der Waals surface area (Å²) in [6.45, 7) is 5.87. The van der Waals surface area contributed by atoms with Gasteiger partial charge in [-0.2, -0.15) is 0 Å². The number of hydrogen-bond donors (Lipinski definition) is 3. The predicted octanol–water partition coefficient (Wildman–Crippen LogP) is 9.78. The molecule has 51 heavy (non-hydrogen) atoms. The summed E-state index contributed by atoms with van der Waals surface area (Å²) in [5.74, 6) is -1.26. The van der Waals surface area contributed by atoms with Gasteiger partial charge in [0.25, 0.3) is 0 Å². The number of carbonyl (C=O) groups is 3. The minimum atomic E-state index is -0.841. The molecule has 282 valence electrons. The second-order valence-corrected chi connectivity index (χ2v) is 14.6. The SMILES string of the molecule is CCCCCCCCCCCCNC(=O)CB[C@H](NC(=O)OCC1c2ccccc2-c2ccccc21)C(=O)NCCCCCCCCCCCC. The third-order valence-electron chi connectivity index (χ3n) is 10.3. The summed E-state index contributed by atoms with van der Waals surface area (Å²) in [5.41, 5.74) is 4.60. The van der Waals surface area contributed by atoms with Gasteiger partial charge in [-0.1, -0.05) is 178 Å². The van der Waals surface area contributed by atoms with E-state index in [4.69, 9.17) is 4.74 Å². The first-order valence-corrected chi connectivity index (χ1v) is 20.7. The Morgan fingerprint density at radius 2 is 1.04 bits per heavy atom. The van der Waals surface area contributed by atoms with Crippen LogP contribution in [0.4, 0.5) is 4.79 Å². The number of ether oxygens (including phenoxy) is 1. The van der Waals surface area contributed by atoms with E-state index >= 15 is 0 Å². The van der Waals surface area contributed by atoms with Gasteiger partial charge in [-0.15, -0.1) is 0 Å². The molecule has 3 amide bonds. The maximum Gasteiger partial charge on any atom is 0.407 e. The van der Waals surface area contributed by atoms with Crippen molar-refractivity contribution in [2.75, 3.05) is 19.7 Å². The molecule has 3 N–H and O–H groups in total. The number of alkyl carbamates (subject to hydrolysis) is 1. The summed E-state index contributed by atoms with van der Waals surface area (Å²) in [7, 11) is 0.220. The molecule has 1 atom stereocenters. The Balaban J connectivity index is 1.41. The highest BCUT2D eigenvalue weighted by Crippen LogP contribution is 2.44. The summed E-state index contributed by atoms with van der Waals surface area (Å²) >= 11 is 0. The van der Waals surface area contributed by atoms with Crippen LogP contribution in [0.1, 0.15) is 159 Å². The molecule has 1 aliphatic rings. The number of amides is 3. The van der Waals surface area contributed by atoms with Crippen LogP contribution in [-0.2, 0) is 14.3 Å². The Kier molecular flexibility index (Phi) is 21.9. The second-order valence-electron chi connectivity index (χ2n) is 14.6. The quantitative estimate of drug-likeness (QED) is 0.0581. The second kappa shape index (κ2) is 26.5. The first kappa shape index (κ1) is 42.1. The average Bonchev–Trinajstić information content (AvgIpc) is 3.47. The van der Waals surface area contributed by atoms with E-state index in [0.29, 0.717) is 13.1 Å². The van der Waals surface area contributed by atoms with Crippen LogP contribution < -0.4 is 16.0 Å². The number of hydrogen-bond acceptors (Lipinski definition) is 4. The third-order valence-corrected chi connectivity index (χ3v) is 10.3. The molecule has 7 nitrogen and oxygen atoms in total. The van der Waals surface area contributed by atoms with Gasteiger partial charge in [0.05, 0.1) is 5.94 Å². The summed E-state index contributed by atoms with van der Waals surface area (Å²) in [5, 5.41) is 8.82. The van der Waals surface area contributed by atoms with Gasteiger partial charge in [-0.25, -0.2) is 4.79 Å². The van der Waals surface area contributed by atoms with Crippen LogP contribution in [-0.4, -0.2) is 50.8 Å². The molecule has 0 spiro atoms. The van der Waals surface area contributed by atoms with E-state index in [1.807, 2.05) is 24.3 Å². The van der Waals surface area contributed by atoms with Gasteiger partial charge in [-0.05, 0) is 35.1 Å². The van der Waals surface area contributed by atoms with Gasteiger partial charge in [0.2, 0.25) is 11.8 Å². The van der Waals surface area contributed by atoms with E-state index in [-0.39, 0.29) is 37.9 Å². The highest BCUT2D eigenvalue weighted by atomic mass is 16.5. The maximum absolute atomic E-state index is 13.3. The first-order chi connectivity index (χ1) is 25.0. The minimum absolute atomic E-state index is 0.0664. The zero-order chi connectivity index (χ0) is 36.4. The van der Waals surface area contributed by atoms with Crippen LogP contribution in [0.25, 0.3) is 11.1 Å². The summed E-state index contributed by atoms with van der Waals surface area (Å²) in [6.07, 6.45) is 24.3. The van der Waals surface area contributed by atoms with Crippen LogP contribution in [0.15, 0.2) is 48.5 Å². The smallest absolute Gasteiger partial charge is 0.407 e. The normalized spacial score (nSPS) is 12.5. The van der Waals surface area contributed by atoms with Crippen molar-refractivity contribution >= 4 is 25.2 Å². The third kappa shape index (κ3) is 16.7. The van der Waals surface area contributed by atoms with E-state index in [0.717, 1.165) is 47.9 Å². The molecule has 0 bridgehead atoms. The van der Waals surface area contributed by atoms with E-state index in [1.165, 1.54) is 103 Å². The van der Waals surface area contributed by atoms with Gasteiger partial charge in [0, 0.05) is 25.3 Å². The molecule has 3 rings (SSSR count). The first-order valence-electron chi connectivity index (χ1n) is 20.7. The molecule has 0 saturated heterocycles. The Morgan fingerprint density at radius 1 is 0.608 bits per heavy atom. The van der Waals surface area contributed by atoms with Crippen LogP contribution in [0.3, 0.4) is 0 Å². The fourth-order valence-corrected chi connectivity index (χ4v) is 7.20.